The Morgan fingerprint density at radius 3 is 3.00 bits per heavy atom. The molecule has 5 nitrogen and oxygen atoms in total. The molecule has 1 fully saturated rings. The third-order valence-corrected chi connectivity index (χ3v) is 4.01. The molecule has 0 aromatic carbocycles. The first-order valence-electron chi connectivity index (χ1n) is 6.45. The number of rotatable bonds is 4. The Labute approximate surface area is 119 Å². The molecular weight excluding hydrogens is 308 g/mol. The van der Waals surface area contributed by atoms with Crippen molar-refractivity contribution in [3.63, 3.8) is 0 Å². The molecule has 3 rings (SSSR count). The standard InChI is InChI=1S/C13H15BrN4O/c14-4-6-17(10-2-1-3-10)13(19)11-8-16-18-7-5-15-9-12(11)18/h5,7-10H,1-4,6H2. The van der Waals surface area contributed by atoms with Crippen molar-refractivity contribution in [3.05, 3.63) is 30.4 Å². The van der Waals surface area contributed by atoms with Gasteiger partial charge < -0.3 is 4.90 Å². The Bertz CT molecular complexity index is 593. The van der Waals surface area contributed by atoms with Crippen LogP contribution in [-0.4, -0.2) is 43.3 Å². The smallest absolute Gasteiger partial charge is 0.258 e. The van der Waals surface area contributed by atoms with Crippen LogP contribution in [0.25, 0.3) is 5.52 Å². The van der Waals surface area contributed by atoms with Gasteiger partial charge in [-0.2, -0.15) is 5.10 Å². The first kappa shape index (κ1) is 12.6. The minimum atomic E-state index is 0.0622. The topological polar surface area (TPSA) is 50.5 Å². The van der Waals surface area contributed by atoms with E-state index in [-0.39, 0.29) is 5.91 Å². The summed E-state index contributed by atoms with van der Waals surface area (Å²) in [6.07, 6.45) is 10.2. The van der Waals surface area contributed by atoms with Crippen LogP contribution >= 0.6 is 15.9 Å². The Hall–Kier alpha value is -1.43. The van der Waals surface area contributed by atoms with Crippen LogP contribution in [0.4, 0.5) is 0 Å². The summed E-state index contributed by atoms with van der Waals surface area (Å²) in [6, 6.07) is 0.386. The quantitative estimate of drug-likeness (QED) is 0.810. The molecule has 19 heavy (non-hydrogen) atoms. The van der Waals surface area contributed by atoms with E-state index in [1.54, 1.807) is 29.3 Å². The predicted molar refractivity (Wildman–Crippen MR) is 75.5 cm³/mol. The Morgan fingerprint density at radius 2 is 2.32 bits per heavy atom. The summed E-state index contributed by atoms with van der Waals surface area (Å²) in [6.45, 7) is 0.737. The molecule has 0 unspecified atom stereocenters. The third kappa shape index (κ3) is 2.25. The molecule has 1 aliphatic rings. The van der Waals surface area contributed by atoms with Gasteiger partial charge >= 0.3 is 0 Å². The zero-order chi connectivity index (χ0) is 13.2. The second-order valence-electron chi connectivity index (χ2n) is 4.74. The fourth-order valence-corrected chi connectivity index (χ4v) is 2.78. The van der Waals surface area contributed by atoms with Crippen LogP contribution < -0.4 is 0 Å². The maximum absolute atomic E-state index is 12.7. The van der Waals surface area contributed by atoms with Gasteiger partial charge in [-0.25, -0.2) is 4.52 Å². The molecule has 0 atom stereocenters. The van der Waals surface area contributed by atoms with Crippen LogP contribution in [0.15, 0.2) is 24.8 Å². The van der Waals surface area contributed by atoms with Crippen molar-refractivity contribution in [2.45, 2.75) is 25.3 Å². The van der Waals surface area contributed by atoms with E-state index < -0.39 is 0 Å². The number of alkyl halides is 1. The molecule has 0 spiro atoms. The zero-order valence-corrected chi connectivity index (χ0v) is 12.1. The molecule has 2 aromatic heterocycles. The first-order valence-corrected chi connectivity index (χ1v) is 7.57. The van der Waals surface area contributed by atoms with Crippen molar-refractivity contribution in [1.82, 2.24) is 19.5 Å². The number of hydrogen-bond donors (Lipinski definition) is 0. The van der Waals surface area contributed by atoms with Crippen molar-refractivity contribution in [3.8, 4) is 0 Å². The van der Waals surface area contributed by atoms with E-state index in [0.717, 1.165) is 30.2 Å². The van der Waals surface area contributed by atoms with E-state index in [4.69, 9.17) is 0 Å². The van der Waals surface area contributed by atoms with E-state index in [1.165, 1.54) is 6.42 Å². The van der Waals surface area contributed by atoms with E-state index in [1.807, 2.05) is 4.90 Å². The van der Waals surface area contributed by atoms with Gasteiger partial charge in [0.05, 0.1) is 23.5 Å². The Kier molecular flexibility index (Phi) is 3.50. The number of carbonyl (C=O) groups excluding carboxylic acids is 1. The number of nitrogens with zero attached hydrogens (tertiary/aromatic N) is 4. The molecule has 0 bridgehead atoms. The fourth-order valence-electron chi connectivity index (χ4n) is 2.39. The van der Waals surface area contributed by atoms with Gasteiger partial charge in [-0.3, -0.25) is 9.78 Å². The van der Waals surface area contributed by atoms with Crippen molar-refractivity contribution in [2.24, 2.45) is 0 Å². The molecule has 1 amide bonds. The van der Waals surface area contributed by atoms with Gasteiger partial charge in [0.2, 0.25) is 0 Å². The lowest BCUT2D eigenvalue weighted by Gasteiger charge is -2.37. The summed E-state index contributed by atoms with van der Waals surface area (Å²) >= 11 is 3.43. The van der Waals surface area contributed by atoms with Crippen LogP contribution in [-0.2, 0) is 0 Å². The second-order valence-corrected chi connectivity index (χ2v) is 5.53. The van der Waals surface area contributed by atoms with Crippen molar-refractivity contribution < 1.29 is 4.79 Å². The molecule has 1 saturated carbocycles. The molecular formula is C13H15BrN4O. The maximum atomic E-state index is 12.7. The van der Waals surface area contributed by atoms with Gasteiger partial charge in [0.1, 0.15) is 0 Å². The lowest BCUT2D eigenvalue weighted by molar-refractivity contribution is 0.0601. The molecule has 0 saturated heterocycles. The summed E-state index contributed by atoms with van der Waals surface area (Å²) in [4.78, 5) is 18.7. The lowest BCUT2D eigenvalue weighted by atomic mass is 9.91. The summed E-state index contributed by atoms with van der Waals surface area (Å²) < 4.78 is 1.69. The summed E-state index contributed by atoms with van der Waals surface area (Å²) in [5, 5.41) is 5.00. The van der Waals surface area contributed by atoms with E-state index in [2.05, 4.69) is 26.0 Å². The Balaban J connectivity index is 1.92. The average Bonchev–Trinajstić information content (AvgIpc) is 2.79. The van der Waals surface area contributed by atoms with E-state index in [0.29, 0.717) is 11.6 Å². The van der Waals surface area contributed by atoms with Crippen molar-refractivity contribution >= 4 is 27.4 Å². The molecule has 100 valence electrons. The number of fused-ring (bicyclic) bond motifs is 1. The van der Waals surface area contributed by atoms with Gasteiger partial charge in [0.15, 0.2) is 0 Å². The number of hydrogen-bond acceptors (Lipinski definition) is 3. The number of amides is 1. The third-order valence-electron chi connectivity index (χ3n) is 3.66. The zero-order valence-electron chi connectivity index (χ0n) is 10.5. The van der Waals surface area contributed by atoms with Crippen LogP contribution in [0.5, 0.6) is 0 Å². The lowest BCUT2D eigenvalue weighted by Crippen LogP contribution is -2.45. The van der Waals surface area contributed by atoms with Gasteiger partial charge in [-0.1, -0.05) is 15.9 Å². The maximum Gasteiger partial charge on any atom is 0.258 e. The van der Waals surface area contributed by atoms with E-state index in [9.17, 15) is 4.79 Å². The monoisotopic (exact) mass is 322 g/mol. The normalized spacial score (nSPS) is 15.4. The molecule has 6 heteroatoms. The fraction of sp³-hybridized carbons (Fsp3) is 0.462. The average molecular weight is 323 g/mol. The van der Waals surface area contributed by atoms with Crippen LogP contribution in [0.3, 0.4) is 0 Å². The molecule has 1 aliphatic carbocycles. The highest BCUT2D eigenvalue weighted by atomic mass is 79.9. The predicted octanol–water partition coefficient (Wildman–Crippen LogP) is 2.12. The number of halogens is 1. The van der Waals surface area contributed by atoms with E-state index >= 15 is 0 Å². The van der Waals surface area contributed by atoms with Crippen LogP contribution in [0.2, 0.25) is 0 Å². The van der Waals surface area contributed by atoms with Gasteiger partial charge in [0.25, 0.3) is 5.91 Å². The molecule has 2 aromatic rings. The van der Waals surface area contributed by atoms with Gasteiger partial charge in [0, 0.05) is 30.3 Å². The Morgan fingerprint density at radius 1 is 1.47 bits per heavy atom. The summed E-state index contributed by atoms with van der Waals surface area (Å²) in [7, 11) is 0. The number of aromatic nitrogens is 3. The summed E-state index contributed by atoms with van der Waals surface area (Å²) in [5.41, 5.74) is 1.41. The van der Waals surface area contributed by atoms with Gasteiger partial charge in [-0.05, 0) is 19.3 Å². The highest BCUT2D eigenvalue weighted by Gasteiger charge is 2.30. The highest BCUT2D eigenvalue weighted by molar-refractivity contribution is 9.09. The molecule has 2 heterocycles. The molecule has 0 N–H and O–H groups in total. The summed E-state index contributed by atoms with van der Waals surface area (Å²) in [5.74, 6) is 0.0622. The second kappa shape index (κ2) is 5.28. The SMILES string of the molecule is O=C(c1cnn2ccncc12)N(CCBr)C1CCC1. The minimum Gasteiger partial charge on any atom is -0.335 e. The first-order chi connectivity index (χ1) is 9.31. The minimum absolute atomic E-state index is 0.0622. The van der Waals surface area contributed by atoms with Crippen LogP contribution in [0, 0.1) is 0 Å². The largest absolute Gasteiger partial charge is 0.335 e. The number of carbonyl (C=O) groups is 1. The van der Waals surface area contributed by atoms with Crippen molar-refractivity contribution in [1.29, 1.82) is 0 Å². The van der Waals surface area contributed by atoms with Crippen molar-refractivity contribution in [2.75, 3.05) is 11.9 Å². The van der Waals surface area contributed by atoms with Crippen LogP contribution in [0.1, 0.15) is 29.6 Å². The van der Waals surface area contributed by atoms with Gasteiger partial charge in [-0.15, -0.1) is 0 Å². The molecule has 0 aliphatic heterocycles. The highest BCUT2D eigenvalue weighted by Crippen LogP contribution is 2.27. The molecule has 0 radical (unpaired) electrons.